The van der Waals surface area contributed by atoms with E-state index in [0.717, 1.165) is 12.8 Å². The fraction of sp³-hybridized carbons (Fsp3) is 0.727. The second-order valence-electron chi connectivity index (χ2n) is 4.99. The van der Waals surface area contributed by atoms with E-state index in [-0.39, 0.29) is 17.9 Å². The summed E-state index contributed by atoms with van der Waals surface area (Å²) in [5, 5.41) is 13.0. The first-order valence-corrected chi connectivity index (χ1v) is 6.15. The van der Waals surface area contributed by atoms with Crippen molar-refractivity contribution in [1.82, 2.24) is 25.8 Å². The number of aromatic amines is 1. The number of hydrogen-bond donors (Lipinski definition) is 3. The molecule has 2 aliphatic rings. The van der Waals surface area contributed by atoms with Gasteiger partial charge in [0.25, 0.3) is 0 Å². The molecule has 2 fully saturated rings. The molecule has 0 aliphatic carbocycles. The van der Waals surface area contributed by atoms with Gasteiger partial charge >= 0.3 is 0 Å². The Kier molecular flexibility index (Phi) is 2.58. The van der Waals surface area contributed by atoms with Crippen molar-refractivity contribution in [2.75, 3.05) is 0 Å². The van der Waals surface area contributed by atoms with E-state index in [9.17, 15) is 4.79 Å². The maximum absolute atomic E-state index is 12.1. The zero-order valence-corrected chi connectivity index (χ0v) is 9.81. The monoisotopic (exact) mass is 235 g/mol. The van der Waals surface area contributed by atoms with Crippen LogP contribution in [0.15, 0.2) is 6.33 Å². The molecule has 17 heavy (non-hydrogen) atoms. The summed E-state index contributed by atoms with van der Waals surface area (Å²) in [5.74, 6) is 0.960. The van der Waals surface area contributed by atoms with Gasteiger partial charge in [-0.2, -0.15) is 5.10 Å². The van der Waals surface area contributed by atoms with Crippen LogP contribution in [0.4, 0.5) is 0 Å². The number of aromatic nitrogens is 3. The third-order valence-corrected chi connectivity index (χ3v) is 3.84. The van der Waals surface area contributed by atoms with Crippen LogP contribution < -0.4 is 10.6 Å². The normalized spacial score (nSPS) is 32.6. The Labute approximate surface area is 99.6 Å². The van der Waals surface area contributed by atoms with E-state index in [1.165, 1.54) is 12.7 Å². The second kappa shape index (κ2) is 4.10. The molecule has 1 aromatic heterocycles. The zero-order chi connectivity index (χ0) is 11.8. The maximum atomic E-state index is 12.1. The molecule has 0 spiro atoms. The molecule has 2 aliphatic heterocycles. The summed E-state index contributed by atoms with van der Waals surface area (Å²) in [7, 11) is 0. The van der Waals surface area contributed by atoms with E-state index in [4.69, 9.17) is 0 Å². The van der Waals surface area contributed by atoms with Crippen LogP contribution in [0.5, 0.6) is 0 Å². The summed E-state index contributed by atoms with van der Waals surface area (Å²) in [4.78, 5) is 16.2. The fourth-order valence-corrected chi connectivity index (χ4v) is 2.93. The Morgan fingerprint density at radius 3 is 3.06 bits per heavy atom. The molecule has 2 saturated heterocycles. The smallest absolute Gasteiger partial charge is 0.225 e. The molecular formula is C11H17N5O. The second-order valence-corrected chi connectivity index (χ2v) is 4.99. The highest BCUT2D eigenvalue weighted by Gasteiger charge is 2.42. The van der Waals surface area contributed by atoms with Crippen LogP contribution in [-0.2, 0) is 4.79 Å². The largest absolute Gasteiger partial charge is 0.346 e. The number of H-pyrrole nitrogens is 1. The van der Waals surface area contributed by atoms with Crippen LogP contribution in [0, 0.1) is 5.92 Å². The van der Waals surface area contributed by atoms with E-state index in [1.54, 1.807) is 0 Å². The highest BCUT2D eigenvalue weighted by atomic mass is 16.2. The van der Waals surface area contributed by atoms with Crippen LogP contribution in [-0.4, -0.2) is 33.2 Å². The Morgan fingerprint density at radius 1 is 1.59 bits per heavy atom. The summed E-state index contributed by atoms with van der Waals surface area (Å²) < 4.78 is 0. The van der Waals surface area contributed by atoms with E-state index in [1.807, 2.05) is 6.92 Å². The Balaban J connectivity index is 1.60. The van der Waals surface area contributed by atoms with E-state index < -0.39 is 0 Å². The van der Waals surface area contributed by atoms with Crippen LogP contribution in [0.25, 0.3) is 0 Å². The number of nitrogens with one attached hydrogen (secondary N) is 3. The minimum absolute atomic E-state index is 0.107. The fourth-order valence-electron chi connectivity index (χ4n) is 2.93. The topological polar surface area (TPSA) is 82.7 Å². The summed E-state index contributed by atoms with van der Waals surface area (Å²) in [5.41, 5.74) is 0. The number of rotatable bonds is 3. The van der Waals surface area contributed by atoms with Crippen molar-refractivity contribution in [3.8, 4) is 0 Å². The van der Waals surface area contributed by atoms with Gasteiger partial charge in [-0.05, 0) is 26.2 Å². The Hall–Kier alpha value is -1.43. The van der Waals surface area contributed by atoms with Crippen molar-refractivity contribution < 1.29 is 4.79 Å². The van der Waals surface area contributed by atoms with Crippen molar-refractivity contribution in [3.05, 3.63) is 12.2 Å². The first-order valence-electron chi connectivity index (χ1n) is 6.15. The molecular weight excluding hydrogens is 218 g/mol. The van der Waals surface area contributed by atoms with E-state index in [0.29, 0.717) is 17.9 Å². The number of carbonyl (C=O) groups excluding carboxylic acids is 1. The molecule has 1 aromatic rings. The van der Waals surface area contributed by atoms with Gasteiger partial charge in [0.1, 0.15) is 12.2 Å². The lowest BCUT2D eigenvalue weighted by Gasteiger charge is -2.21. The quantitative estimate of drug-likeness (QED) is 0.695. The molecule has 3 rings (SSSR count). The van der Waals surface area contributed by atoms with Gasteiger partial charge in [0, 0.05) is 12.1 Å². The molecule has 92 valence electrons. The molecule has 6 heteroatoms. The first kappa shape index (κ1) is 10.7. The number of carbonyl (C=O) groups is 1. The lowest BCUT2D eigenvalue weighted by atomic mass is 9.88. The summed E-state index contributed by atoms with van der Waals surface area (Å²) in [6.07, 6.45) is 4.77. The van der Waals surface area contributed by atoms with Crippen LogP contribution in [0.2, 0.25) is 0 Å². The van der Waals surface area contributed by atoms with Gasteiger partial charge < -0.3 is 10.6 Å². The number of fused-ring (bicyclic) bond motifs is 2. The molecule has 0 radical (unpaired) electrons. The van der Waals surface area contributed by atoms with Crippen molar-refractivity contribution in [2.45, 2.75) is 44.3 Å². The molecule has 4 atom stereocenters. The lowest BCUT2D eigenvalue weighted by molar-refractivity contribution is -0.126. The summed E-state index contributed by atoms with van der Waals surface area (Å²) in [6.45, 7) is 1.92. The van der Waals surface area contributed by atoms with Gasteiger partial charge in [0.2, 0.25) is 5.91 Å². The average Bonchev–Trinajstić information content (AvgIpc) is 3.05. The molecule has 0 aromatic carbocycles. The molecule has 4 unspecified atom stereocenters. The standard InChI is InChI=1S/C11H17N5O/c1-6(10-12-5-13-16-10)14-11(17)8-4-7-2-3-9(8)15-7/h5-9,15H,2-4H2,1H3,(H,14,17)(H,12,13,16). The number of amides is 1. The van der Waals surface area contributed by atoms with Gasteiger partial charge in [0.15, 0.2) is 0 Å². The van der Waals surface area contributed by atoms with Gasteiger partial charge in [-0.3, -0.25) is 9.89 Å². The Bertz CT molecular complexity index is 404. The maximum Gasteiger partial charge on any atom is 0.225 e. The number of nitrogens with zero attached hydrogens (tertiary/aromatic N) is 2. The lowest BCUT2D eigenvalue weighted by Crippen LogP contribution is -2.38. The van der Waals surface area contributed by atoms with Gasteiger partial charge in [-0.15, -0.1) is 0 Å². The number of hydrogen-bond acceptors (Lipinski definition) is 4. The minimum Gasteiger partial charge on any atom is -0.346 e. The molecule has 3 heterocycles. The van der Waals surface area contributed by atoms with Crippen molar-refractivity contribution in [2.24, 2.45) is 5.92 Å². The average molecular weight is 235 g/mol. The zero-order valence-electron chi connectivity index (χ0n) is 9.81. The van der Waals surface area contributed by atoms with Crippen LogP contribution in [0.3, 0.4) is 0 Å². The summed E-state index contributed by atoms with van der Waals surface area (Å²) in [6, 6.07) is 0.822. The predicted molar refractivity (Wildman–Crippen MR) is 61.0 cm³/mol. The highest BCUT2D eigenvalue weighted by molar-refractivity contribution is 5.80. The minimum atomic E-state index is -0.107. The molecule has 2 bridgehead atoms. The SMILES string of the molecule is CC(NC(=O)C1CC2CCC1N2)c1ncn[nH]1. The van der Waals surface area contributed by atoms with E-state index >= 15 is 0 Å². The van der Waals surface area contributed by atoms with Crippen molar-refractivity contribution >= 4 is 5.91 Å². The van der Waals surface area contributed by atoms with E-state index in [2.05, 4.69) is 25.8 Å². The van der Waals surface area contributed by atoms with Crippen LogP contribution >= 0.6 is 0 Å². The van der Waals surface area contributed by atoms with Crippen molar-refractivity contribution in [3.63, 3.8) is 0 Å². The molecule has 0 saturated carbocycles. The Morgan fingerprint density at radius 2 is 2.47 bits per heavy atom. The first-order chi connectivity index (χ1) is 8.24. The molecule has 1 amide bonds. The van der Waals surface area contributed by atoms with Crippen molar-refractivity contribution in [1.29, 1.82) is 0 Å². The summed E-state index contributed by atoms with van der Waals surface area (Å²) >= 11 is 0. The van der Waals surface area contributed by atoms with Gasteiger partial charge in [-0.25, -0.2) is 4.98 Å². The molecule has 6 nitrogen and oxygen atoms in total. The third-order valence-electron chi connectivity index (χ3n) is 3.84. The van der Waals surface area contributed by atoms with Crippen LogP contribution in [0.1, 0.15) is 38.1 Å². The third kappa shape index (κ3) is 1.93. The highest BCUT2D eigenvalue weighted by Crippen LogP contribution is 2.33. The molecule has 3 N–H and O–H groups in total. The van der Waals surface area contributed by atoms with Gasteiger partial charge in [0.05, 0.1) is 12.0 Å². The predicted octanol–water partition coefficient (Wildman–Crippen LogP) is 0.122. The van der Waals surface area contributed by atoms with Gasteiger partial charge in [-0.1, -0.05) is 0 Å².